The minimum Gasteiger partial charge on any atom is -0.497 e. The lowest BCUT2D eigenvalue weighted by atomic mass is 10.1. The van der Waals surface area contributed by atoms with Gasteiger partial charge >= 0.3 is 0 Å². The lowest BCUT2D eigenvalue weighted by Crippen LogP contribution is -2.36. The van der Waals surface area contributed by atoms with Gasteiger partial charge in [-0.3, -0.25) is 0 Å². The minimum atomic E-state index is 0.386. The summed E-state index contributed by atoms with van der Waals surface area (Å²) in [5.74, 6) is 0.905. The molecule has 84 valence electrons. The molecule has 3 nitrogen and oxygen atoms in total. The van der Waals surface area contributed by atoms with E-state index in [1.165, 1.54) is 5.56 Å². The van der Waals surface area contributed by atoms with Gasteiger partial charge < -0.3 is 15.4 Å². The van der Waals surface area contributed by atoms with Crippen molar-refractivity contribution in [1.82, 2.24) is 4.90 Å². The molecule has 1 rings (SSSR count). The van der Waals surface area contributed by atoms with Crippen LogP contribution in [0.15, 0.2) is 24.3 Å². The van der Waals surface area contributed by atoms with Crippen LogP contribution in [0.4, 0.5) is 0 Å². The summed E-state index contributed by atoms with van der Waals surface area (Å²) in [6, 6.07) is 8.52. The van der Waals surface area contributed by atoms with Crippen molar-refractivity contribution < 1.29 is 4.74 Å². The van der Waals surface area contributed by atoms with Crippen LogP contribution in [0.5, 0.6) is 5.75 Å². The third kappa shape index (κ3) is 3.53. The Labute approximate surface area is 91.8 Å². The molecule has 2 N–H and O–H groups in total. The molecule has 0 aliphatic heterocycles. The van der Waals surface area contributed by atoms with Crippen LogP contribution in [-0.4, -0.2) is 38.7 Å². The van der Waals surface area contributed by atoms with Gasteiger partial charge in [-0.25, -0.2) is 0 Å². The van der Waals surface area contributed by atoms with Crippen LogP contribution in [-0.2, 0) is 6.42 Å². The van der Waals surface area contributed by atoms with Gasteiger partial charge in [0.25, 0.3) is 0 Å². The highest BCUT2D eigenvalue weighted by Crippen LogP contribution is 2.14. The van der Waals surface area contributed by atoms with Crippen molar-refractivity contribution in [3.05, 3.63) is 29.8 Å². The number of benzene rings is 1. The first-order valence-electron chi connectivity index (χ1n) is 5.16. The van der Waals surface area contributed by atoms with Crippen LogP contribution in [0.25, 0.3) is 0 Å². The third-order valence-corrected chi connectivity index (χ3v) is 2.61. The van der Waals surface area contributed by atoms with Gasteiger partial charge in [-0.15, -0.1) is 0 Å². The molecule has 1 aromatic rings. The topological polar surface area (TPSA) is 38.5 Å². The lowest BCUT2D eigenvalue weighted by molar-refractivity contribution is 0.297. The molecular formula is C12H20N2O. The lowest BCUT2D eigenvalue weighted by Gasteiger charge is -2.22. The summed E-state index contributed by atoms with van der Waals surface area (Å²) in [4.78, 5) is 2.15. The van der Waals surface area contributed by atoms with Crippen molar-refractivity contribution in [1.29, 1.82) is 0 Å². The van der Waals surface area contributed by atoms with Crippen molar-refractivity contribution in [3.8, 4) is 5.75 Å². The average Bonchev–Trinajstić information content (AvgIpc) is 2.25. The summed E-state index contributed by atoms with van der Waals surface area (Å²) in [6.45, 7) is 0.671. The van der Waals surface area contributed by atoms with Gasteiger partial charge in [0.15, 0.2) is 0 Å². The van der Waals surface area contributed by atoms with Crippen molar-refractivity contribution in [2.24, 2.45) is 5.73 Å². The molecule has 15 heavy (non-hydrogen) atoms. The van der Waals surface area contributed by atoms with Gasteiger partial charge in [-0.05, 0) is 38.2 Å². The maximum Gasteiger partial charge on any atom is 0.119 e. The van der Waals surface area contributed by atoms with Gasteiger partial charge in [-0.2, -0.15) is 0 Å². The normalized spacial score (nSPS) is 12.9. The molecule has 0 aliphatic rings. The Morgan fingerprint density at radius 3 is 2.67 bits per heavy atom. The number of likely N-dealkylation sites (N-methyl/N-ethyl adjacent to an activating group) is 1. The summed E-state index contributed by atoms with van der Waals surface area (Å²) < 4.78 is 5.19. The van der Waals surface area contributed by atoms with E-state index >= 15 is 0 Å². The SMILES string of the molecule is COc1cccc(CC(CN)N(C)C)c1. The van der Waals surface area contributed by atoms with E-state index in [2.05, 4.69) is 31.1 Å². The number of nitrogens with zero attached hydrogens (tertiary/aromatic N) is 1. The van der Waals surface area contributed by atoms with Crippen molar-refractivity contribution in [2.45, 2.75) is 12.5 Å². The Balaban J connectivity index is 2.70. The van der Waals surface area contributed by atoms with E-state index in [9.17, 15) is 0 Å². The largest absolute Gasteiger partial charge is 0.497 e. The fourth-order valence-corrected chi connectivity index (χ4v) is 1.55. The summed E-state index contributed by atoms with van der Waals surface area (Å²) in [5, 5.41) is 0. The molecule has 0 heterocycles. The molecular weight excluding hydrogens is 188 g/mol. The van der Waals surface area contributed by atoms with E-state index in [0.717, 1.165) is 12.2 Å². The maximum atomic E-state index is 5.72. The van der Waals surface area contributed by atoms with Gasteiger partial charge in [0.2, 0.25) is 0 Å². The van der Waals surface area contributed by atoms with Crippen LogP contribution in [0.2, 0.25) is 0 Å². The Morgan fingerprint density at radius 1 is 1.40 bits per heavy atom. The number of nitrogens with two attached hydrogens (primary N) is 1. The van der Waals surface area contributed by atoms with Crippen molar-refractivity contribution in [2.75, 3.05) is 27.7 Å². The molecule has 0 radical (unpaired) electrons. The smallest absolute Gasteiger partial charge is 0.119 e. The Bertz CT molecular complexity index is 299. The van der Waals surface area contributed by atoms with Crippen LogP contribution >= 0.6 is 0 Å². The maximum absolute atomic E-state index is 5.72. The summed E-state index contributed by atoms with van der Waals surface area (Å²) in [5.41, 5.74) is 6.98. The van der Waals surface area contributed by atoms with E-state index in [1.807, 2.05) is 12.1 Å². The molecule has 0 spiro atoms. The molecule has 0 saturated carbocycles. The number of ether oxygens (including phenoxy) is 1. The molecule has 0 saturated heterocycles. The Hall–Kier alpha value is -1.06. The number of hydrogen-bond acceptors (Lipinski definition) is 3. The van der Waals surface area contributed by atoms with Gasteiger partial charge in [0.05, 0.1) is 7.11 Å². The van der Waals surface area contributed by atoms with Crippen LogP contribution in [0, 0.1) is 0 Å². The Morgan fingerprint density at radius 2 is 2.13 bits per heavy atom. The third-order valence-electron chi connectivity index (χ3n) is 2.61. The second kappa shape index (κ2) is 5.73. The number of hydrogen-bond donors (Lipinski definition) is 1. The molecule has 1 atom stereocenters. The zero-order valence-corrected chi connectivity index (χ0v) is 9.73. The van der Waals surface area contributed by atoms with E-state index in [4.69, 9.17) is 10.5 Å². The predicted octanol–water partition coefficient (Wildman–Crippen LogP) is 1.13. The van der Waals surface area contributed by atoms with Crippen molar-refractivity contribution >= 4 is 0 Å². The van der Waals surface area contributed by atoms with E-state index < -0.39 is 0 Å². The number of methoxy groups -OCH3 is 1. The quantitative estimate of drug-likeness (QED) is 0.788. The number of rotatable bonds is 5. The molecule has 0 bridgehead atoms. The standard InChI is InChI=1S/C12H20N2O/c1-14(2)11(9-13)7-10-5-4-6-12(8-10)15-3/h4-6,8,11H,7,9,13H2,1-3H3. The fraction of sp³-hybridized carbons (Fsp3) is 0.500. The molecule has 1 aromatic carbocycles. The average molecular weight is 208 g/mol. The molecule has 3 heteroatoms. The highest BCUT2D eigenvalue weighted by molar-refractivity contribution is 5.28. The highest BCUT2D eigenvalue weighted by atomic mass is 16.5. The van der Waals surface area contributed by atoms with Gasteiger partial charge in [0, 0.05) is 12.6 Å². The van der Waals surface area contributed by atoms with Crippen LogP contribution < -0.4 is 10.5 Å². The van der Waals surface area contributed by atoms with E-state index in [-0.39, 0.29) is 0 Å². The second-order valence-corrected chi connectivity index (χ2v) is 3.91. The first kappa shape index (κ1) is 12.0. The van der Waals surface area contributed by atoms with Crippen LogP contribution in [0.3, 0.4) is 0 Å². The molecule has 0 aromatic heterocycles. The highest BCUT2D eigenvalue weighted by Gasteiger charge is 2.10. The zero-order chi connectivity index (χ0) is 11.3. The molecule has 1 unspecified atom stereocenters. The fourth-order valence-electron chi connectivity index (χ4n) is 1.55. The second-order valence-electron chi connectivity index (χ2n) is 3.91. The summed E-state index contributed by atoms with van der Waals surface area (Å²) in [7, 11) is 5.79. The Kier molecular flexibility index (Phi) is 4.59. The molecule has 0 fully saturated rings. The minimum absolute atomic E-state index is 0.386. The van der Waals surface area contributed by atoms with Crippen molar-refractivity contribution in [3.63, 3.8) is 0 Å². The van der Waals surface area contributed by atoms with E-state index in [1.54, 1.807) is 7.11 Å². The predicted molar refractivity (Wildman–Crippen MR) is 63.2 cm³/mol. The molecule has 0 aliphatic carbocycles. The van der Waals surface area contributed by atoms with E-state index in [0.29, 0.717) is 12.6 Å². The first-order valence-corrected chi connectivity index (χ1v) is 5.16. The van der Waals surface area contributed by atoms with Gasteiger partial charge in [0.1, 0.15) is 5.75 Å². The summed E-state index contributed by atoms with van der Waals surface area (Å²) in [6.07, 6.45) is 0.959. The first-order chi connectivity index (χ1) is 7.17. The zero-order valence-electron chi connectivity index (χ0n) is 9.73. The van der Waals surface area contributed by atoms with Gasteiger partial charge in [-0.1, -0.05) is 12.1 Å². The molecule has 0 amide bonds. The van der Waals surface area contributed by atoms with Crippen LogP contribution in [0.1, 0.15) is 5.56 Å². The summed E-state index contributed by atoms with van der Waals surface area (Å²) >= 11 is 0. The monoisotopic (exact) mass is 208 g/mol.